The molecule has 1 aromatic carbocycles. The van der Waals surface area contributed by atoms with Crippen molar-refractivity contribution in [3.8, 4) is 0 Å². The van der Waals surface area contributed by atoms with Crippen LogP contribution in [-0.4, -0.2) is 29.6 Å². The van der Waals surface area contributed by atoms with E-state index in [4.69, 9.17) is 5.73 Å². The van der Waals surface area contributed by atoms with Crippen molar-refractivity contribution in [3.63, 3.8) is 0 Å². The van der Waals surface area contributed by atoms with Gasteiger partial charge in [-0.1, -0.05) is 49.4 Å². The molecule has 2 heteroatoms. The standard InChI is InChI=1S/C17H28N2/c1-5-19(17(2,3)4)16(14-18)13-9-12-15-10-7-6-8-11-15/h6-12,16H,5,13-14,18H2,1-4H3/b12-9-. The van der Waals surface area contributed by atoms with Gasteiger partial charge in [0.2, 0.25) is 0 Å². The highest BCUT2D eigenvalue weighted by molar-refractivity contribution is 5.48. The Morgan fingerprint density at radius 2 is 1.84 bits per heavy atom. The number of nitrogens with zero attached hydrogens (tertiary/aromatic N) is 1. The van der Waals surface area contributed by atoms with Crippen LogP contribution >= 0.6 is 0 Å². The highest BCUT2D eigenvalue weighted by atomic mass is 15.2. The Bertz CT molecular complexity index is 376. The molecule has 0 amide bonds. The van der Waals surface area contributed by atoms with E-state index in [0.29, 0.717) is 12.6 Å². The van der Waals surface area contributed by atoms with Gasteiger partial charge < -0.3 is 5.73 Å². The zero-order valence-electron chi connectivity index (χ0n) is 12.8. The molecule has 0 radical (unpaired) electrons. The third-order valence-electron chi connectivity index (χ3n) is 3.43. The Labute approximate surface area is 118 Å². The molecule has 1 unspecified atom stereocenters. The fraction of sp³-hybridized carbons (Fsp3) is 0.529. The molecule has 2 nitrogen and oxygen atoms in total. The van der Waals surface area contributed by atoms with Gasteiger partial charge in [-0.25, -0.2) is 0 Å². The summed E-state index contributed by atoms with van der Waals surface area (Å²) < 4.78 is 0. The minimum atomic E-state index is 0.166. The van der Waals surface area contributed by atoms with E-state index in [0.717, 1.165) is 13.0 Å². The third-order valence-corrected chi connectivity index (χ3v) is 3.43. The average molecular weight is 260 g/mol. The van der Waals surface area contributed by atoms with Crippen LogP contribution < -0.4 is 5.73 Å². The maximum Gasteiger partial charge on any atom is 0.0258 e. The molecule has 0 saturated heterocycles. The number of hydrogen-bond acceptors (Lipinski definition) is 2. The van der Waals surface area contributed by atoms with E-state index < -0.39 is 0 Å². The Hall–Kier alpha value is -1.12. The van der Waals surface area contributed by atoms with E-state index in [2.05, 4.69) is 69.0 Å². The molecule has 106 valence electrons. The van der Waals surface area contributed by atoms with Crippen LogP contribution in [0.1, 0.15) is 39.7 Å². The highest BCUT2D eigenvalue weighted by Crippen LogP contribution is 2.18. The second-order valence-electron chi connectivity index (χ2n) is 5.90. The predicted molar refractivity (Wildman–Crippen MR) is 85.1 cm³/mol. The number of likely N-dealkylation sites (N-methyl/N-ethyl adjacent to an activating group) is 1. The van der Waals surface area contributed by atoms with Crippen LogP contribution in [0, 0.1) is 0 Å². The number of hydrogen-bond donors (Lipinski definition) is 1. The lowest BCUT2D eigenvalue weighted by Gasteiger charge is -2.40. The van der Waals surface area contributed by atoms with Crippen LogP contribution in [0.5, 0.6) is 0 Å². The first kappa shape index (κ1) is 15.9. The molecule has 1 atom stereocenters. The summed E-state index contributed by atoms with van der Waals surface area (Å²) in [6, 6.07) is 10.8. The molecule has 0 spiro atoms. The maximum absolute atomic E-state index is 5.95. The summed E-state index contributed by atoms with van der Waals surface area (Å²) in [5.74, 6) is 0. The Balaban J connectivity index is 2.64. The minimum Gasteiger partial charge on any atom is -0.329 e. The normalized spacial score (nSPS) is 14.2. The summed E-state index contributed by atoms with van der Waals surface area (Å²) in [5.41, 5.74) is 7.36. The summed E-state index contributed by atoms with van der Waals surface area (Å²) in [5, 5.41) is 0. The molecule has 19 heavy (non-hydrogen) atoms. The fourth-order valence-corrected chi connectivity index (χ4v) is 2.56. The largest absolute Gasteiger partial charge is 0.329 e. The summed E-state index contributed by atoms with van der Waals surface area (Å²) in [6.07, 6.45) is 5.41. The molecular formula is C17H28N2. The molecule has 2 N–H and O–H groups in total. The molecule has 0 aromatic heterocycles. The number of nitrogens with two attached hydrogens (primary N) is 1. The molecule has 1 aromatic rings. The van der Waals surface area contributed by atoms with Crippen molar-refractivity contribution < 1.29 is 0 Å². The van der Waals surface area contributed by atoms with Gasteiger partial charge in [0, 0.05) is 18.1 Å². The predicted octanol–water partition coefficient (Wildman–Crippen LogP) is 3.54. The molecule has 1 rings (SSSR count). The highest BCUT2D eigenvalue weighted by Gasteiger charge is 2.25. The van der Waals surface area contributed by atoms with E-state index in [1.54, 1.807) is 0 Å². The smallest absolute Gasteiger partial charge is 0.0258 e. The van der Waals surface area contributed by atoms with Crippen LogP contribution in [-0.2, 0) is 0 Å². The molecule has 0 aliphatic heterocycles. The van der Waals surface area contributed by atoms with Crippen LogP contribution in [0.25, 0.3) is 6.08 Å². The quantitative estimate of drug-likeness (QED) is 0.847. The van der Waals surface area contributed by atoms with E-state index >= 15 is 0 Å². The van der Waals surface area contributed by atoms with Gasteiger partial charge >= 0.3 is 0 Å². The molecule has 0 bridgehead atoms. The fourth-order valence-electron chi connectivity index (χ4n) is 2.56. The van der Waals surface area contributed by atoms with E-state index in [1.807, 2.05) is 6.07 Å². The van der Waals surface area contributed by atoms with Crippen molar-refractivity contribution in [1.82, 2.24) is 4.90 Å². The second kappa shape index (κ2) is 7.46. The Morgan fingerprint density at radius 1 is 1.21 bits per heavy atom. The van der Waals surface area contributed by atoms with Crippen molar-refractivity contribution in [3.05, 3.63) is 42.0 Å². The zero-order valence-corrected chi connectivity index (χ0v) is 12.8. The topological polar surface area (TPSA) is 29.3 Å². The van der Waals surface area contributed by atoms with Crippen LogP contribution in [0.3, 0.4) is 0 Å². The first-order valence-electron chi connectivity index (χ1n) is 7.17. The third kappa shape index (κ3) is 5.17. The van der Waals surface area contributed by atoms with Crippen molar-refractivity contribution in [1.29, 1.82) is 0 Å². The summed E-state index contributed by atoms with van der Waals surface area (Å²) >= 11 is 0. The lowest BCUT2D eigenvalue weighted by atomic mass is 10.0. The summed E-state index contributed by atoms with van der Waals surface area (Å²) in [4.78, 5) is 2.47. The molecule has 0 fully saturated rings. The van der Waals surface area contributed by atoms with Gasteiger partial charge in [0.05, 0.1) is 0 Å². The number of benzene rings is 1. The van der Waals surface area contributed by atoms with Gasteiger partial charge in [-0.15, -0.1) is 0 Å². The molecule has 0 aliphatic rings. The van der Waals surface area contributed by atoms with E-state index in [9.17, 15) is 0 Å². The lowest BCUT2D eigenvalue weighted by Crippen LogP contribution is -2.50. The maximum atomic E-state index is 5.95. The van der Waals surface area contributed by atoms with Gasteiger partial charge in [0.15, 0.2) is 0 Å². The molecule has 0 heterocycles. The van der Waals surface area contributed by atoms with Crippen molar-refractivity contribution in [2.24, 2.45) is 5.73 Å². The van der Waals surface area contributed by atoms with Crippen molar-refractivity contribution in [2.75, 3.05) is 13.1 Å². The van der Waals surface area contributed by atoms with Crippen molar-refractivity contribution in [2.45, 2.75) is 45.7 Å². The Morgan fingerprint density at radius 3 is 2.32 bits per heavy atom. The van der Waals surface area contributed by atoms with E-state index in [-0.39, 0.29) is 5.54 Å². The SMILES string of the molecule is CCN(C(CN)C/C=C\c1ccccc1)C(C)(C)C. The minimum absolute atomic E-state index is 0.166. The van der Waals surface area contributed by atoms with E-state index in [1.165, 1.54) is 5.56 Å². The molecule has 0 saturated carbocycles. The lowest BCUT2D eigenvalue weighted by molar-refractivity contribution is 0.0934. The molecular weight excluding hydrogens is 232 g/mol. The van der Waals surface area contributed by atoms with Crippen LogP contribution in [0.15, 0.2) is 36.4 Å². The summed E-state index contributed by atoms with van der Waals surface area (Å²) in [6.45, 7) is 10.7. The molecule has 0 aliphatic carbocycles. The van der Waals surface area contributed by atoms with Gasteiger partial charge in [-0.2, -0.15) is 0 Å². The van der Waals surface area contributed by atoms with Gasteiger partial charge in [-0.3, -0.25) is 4.90 Å². The average Bonchev–Trinajstić information content (AvgIpc) is 2.37. The van der Waals surface area contributed by atoms with Crippen LogP contribution in [0.2, 0.25) is 0 Å². The number of rotatable bonds is 6. The zero-order chi connectivity index (χ0) is 14.3. The van der Waals surface area contributed by atoms with Gasteiger partial charge in [0.25, 0.3) is 0 Å². The first-order valence-corrected chi connectivity index (χ1v) is 7.17. The van der Waals surface area contributed by atoms with Crippen LogP contribution in [0.4, 0.5) is 0 Å². The first-order chi connectivity index (χ1) is 8.99. The summed E-state index contributed by atoms with van der Waals surface area (Å²) in [7, 11) is 0. The van der Waals surface area contributed by atoms with Crippen molar-refractivity contribution >= 4 is 6.08 Å². The van der Waals surface area contributed by atoms with Gasteiger partial charge in [-0.05, 0) is 39.3 Å². The van der Waals surface area contributed by atoms with Gasteiger partial charge in [0.1, 0.15) is 0 Å². The Kier molecular flexibility index (Phi) is 6.26. The second-order valence-corrected chi connectivity index (χ2v) is 5.90. The monoisotopic (exact) mass is 260 g/mol.